The van der Waals surface area contributed by atoms with E-state index in [0.717, 1.165) is 5.01 Å². The van der Waals surface area contributed by atoms with Gasteiger partial charge in [-0.1, -0.05) is 6.92 Å². The molecule has 0 amide bonds. The number of rotatable bonds is 3. The van der Waals surface area contributed by atoms with Crippen molar-refractivity contribution in [3.63, 3.8) is 0 Å². The first-order valence-corrected chi connectivity index (χ1v) is 3.02. The average Bonchev–Trinajstić information content (AvgIpc) is 1.59. The first kappa shape index (κ1) is 9.71. The number of nitrogens with two attached hydrogens (primary N) is 1. The van der Waals surface area contributed by atoms with Gasteiger partial charge in [-0.3, -0.25) is 5.84 Å². The summed E-state index contributed by atoms with van der Waals surface area (Å²) in [5, 5.41) is 0.764. The maximum absolute atomic E-state index is 11.5. The van der Waals surface area contributed by atoms with E-state index in [-0.39, 0.29) is 6.54 Å². The van der Waals surface area contributed by atoms with Crippen LogP contribution in [0, 0.1) is 0 Å². The molecule has 0 saturated heterocycles. The molecule has 5 heteroatoms. The Morgan fingerprint density at radius 1 is 1.40 bits per heavy atom. The maximum atomic E-state index is 11.5. The van der Waals surface area contributed by atoms with Gasteiger partial charge in [0.1, 0.15) is 6.54 Å². The average molecular weight is 156 g/mol. The third-order valence-corrected chi connectivity index (χ3v) is 0.893. The van der Waals surface area contributed by atoms with E-state index >= 15 is 0 Å². The zero-order valence-electron chi connectivity index (χ0n) is 5.78. The monoisotopic (exact) mass is 156 g/mol. The predicted molar refractivity (Wildman–Crippen MR) is 32.1 cm³/mol. The van der Waals surface area contributed by atoms with Crippen LogP contribution in [0.5, 0.6) is 0 Å². The van der Waals surface area contributed by atoms with E-state index in [1.54, 1.807) is 6.92 Å². The number of nitrogens with zero attached hydrogens (tertiary/aromatic N) is 1. The zero-order chi connectivity index (χ0) is 8.20. The van der Waals surface area contributed by atoms with Crippen LogP contribution in [0.15, 0.2) is 0 Å². The molecule has 0 rings (SSSR count). The zero-order valence-corrected chi connectivity index (χ0v) is 5.78. The van der Waals surface area contributed by atoms with Crippen LogP contribution in [0.3, 0.4) is 0 Å². The number of alkyl halides is 3. The topological polar surface area (TPSA) is 29.3 Å². The second-order valence-electron chi connectivity index (χ2n) is 2.09. The second kappa shape index (κ2) is 3.78. The minimum Gasteiger partial charge on any atom is -0.268 e. The summed E-state index contributed by atoms with van der Waals surface area (Å²) in [5.41, 5.74) is 0. The van der Waals surface area contributed by atoms with Crippen LogP contribution in [0.2, 0.25) is 0 Å². The van der Waals surface area contributed by atoms with Gasteiger partial charge >= 0.3 is 6.18 Å². The number of hydrogen-bond donors (Lipinski definition) is 1. The van der Waals surface area contributed by atoms with Crippen molar-refractivity contribution in [2.24, 2.45) is 5.84 Å². The largest absolute Gasteiger partial charge is 0.402 e. The highest BCUT2D eigenvalue weighted by Crippen LogP contribution is 2.14. The van der Waals surface area contributed by atoms with Crippen molar-refractivity contribution in [2.45, 2.75) is 19.5 Å². The van der Waals surface area contributed by atoms with Crippen LogP contribution in [0.25, 0.3) is 0 Å². The molecule has 0 atom stereocenters. The quantitative estimate of drug-likeness (QED) is 0.490. The molecule has 0 unspecified atom stereocenters. The lowest BCUT2D eigenvalue weighted by molar-refractivity contribution is -0.146. The van der Waals surface area contributed by atoms with Crippen LogP contribution in [-0.2, 0) is 0 Å². The summed E-state index contributed by atoms with van der Waals surface area (Å²) in [5.74, 6) is 4.98. The molecular weight excluding hydrogens is 145 g/mol. The van der Waals surface area contributed by atoms with Crippen LogP contribution in [0.1, 0.15) is 13.3 Å². The van der Waals surface area contributed by atoms with Gasteiger partial charge in [0.15, 0.2) is 0 Å². The normalized spacial score (nSPS) is 12.6. The summed E-state index contributed by atoms with van der Waals surface area (Å²) in [6, 6.07) is 0. The van der Waals surface area contributed by atoms with Gasteiger partial charge < -0.3 is 0 Å². The van der Waals surface area contributed by atoms with Gasteiger partial charge in [0.25, 0.3) is 0 Å². The lowest BCUT2D eigenvalue weighted by Crippen LogP contribution is -2.39. The smallest absolute Gasteiger partial charge is 0.268 e. The van der Waals surface area contributed by atoms with E-state index in [4.69, 9.17) is 5.84 Å². The molecule has 0 spiro atoms. The summed E-state index contributed by atoms with van der Waals surface area (Å²) in [4.78, 5) is 0. The van der Waals surface area contributed by atoms with Crippen LogP contribution < -0.4 is 5.84 Å². The van der Waals surface area contributed by atoms with Crippen molar-refractivity contribution < 1.29 is 13.2 Å². The van der Waals surface area contributed by atoms with Gasteiger partial charge in [0.2, 0.25) is 0 Å². The van der Waals surface area contributed by atoms with Crippen molar-refractivity contribution in [1.82, 2.24) is 5.01 Å². The Labute approximate surface area is 57.8 Å². The molecule has 2 N–H and O–H groups in total. The highest BCUT2D eigenvalue weighted by atomic mass is 19.4. The first-order valence-electron chi connectivity index (χ1n) is 3.02. The molecule has 0 aliphatic carbocycles. The fourth-order valence-corrected chi connectivity index (χ4v) is 0.597. The van der Waals surface area contributed by atoms with Crippen molar-refractivity contribution in [1.29, 1.82) is 0 Å². The molecule has 0 aliphatic rings. The number of halogens is 3. The van der Waals surface area contributed by atoms with Gasteiger partial charge in [-0.15, -0.1) is 0 Å². The molecule has 0 heterocycles. The fourth-order valence-electron chi connectivity index (χ4n) is 0.597. The highest BCUT2D eigenvalue weighted by molar-refractivity contribution is 4.55. The Hall–Kier alpha value is -0.290. The Balaban J connectivity index is 3.47. The van der Waals surface area contributed by atoms with Crippen LogP contribution in [-0.4, -0.2) is 24.3 Å². The van der Waals surface area contributed by atoms with Crippen LogP contribution in [0.4, 0.5) is 13.2 Å². The summed E-state index contributed by atoms with van der Waals surface area (Å²) in [7, 11) is 0. The number of hydrazine groups is 1. The maximum Gasteiger partial charge on any atom is 0.402 e. The van der Waals surface area contributed by atoms with Gasteiger partial charge in [-0.2, -0.15) is 13.2 Å². The van der Waals surface area contributed by atoms with Crippen molar-refractivity contribution in [2.75, 3.05) is 13.1 Å². The highest BCUT2D eigenvalue weighted by Gasteiger charge is 2.28. The van der Waals surface area contributed by atoms with E-state index in [1.807, 2.05) is 0 Å². The van der Waals surface area contributed by atoms with Crippen molar-refractivity contribution >= 4 is 0 Å². The molecule has 10 heavy (non-hydrogen) atoms. The minimum absolute atomic E-state index is 0.277. The standard InChI is InChI=1S/C5H11F3N2/c1-2-3-10(9)4-5(6,7)8/h2-4,9H2,1H3. The molecule has 0 aromatic rings. The molecule has 0 aromatic heterocycles. The Bertz CT molecular complexity index is 91.4. The van der Waals surface area contributed by atoms with Gasteiger partial charge in [0.05, 0.1) is 0 Å². The summed E-state index contributed by atoms with van der Waals surface area (Å²) >= 11 is 0. The summed E-state index contributed by atoms with van der Waals surface area (Å²) in [6.45, 7) is 1.02. The molecular formula is C5H11F3N2. The van der Waals surface area contributed by atoms with E-state index < -0.39 is 12.7 Å². The van der Waals surface area contributed by atoms with E-state index in [0.29, 0.717) is 6.42 Å². The SMILES string of the molecule is CCCN(N)CC(F)(F)F. The molecule has 0 radical (unpaired) electrons. The second-order valence-corrected chi connectivity index (χ2v) is 2.09. The van der Waals surface area contributed by atoms with E-state index in [9.17, 15) is 13.2 Å². The summed E-state index contributed by atoms with van der Waals surface area (Å²) in [6.07, 6.45) is -3.55. The van der Waals surface area contributed by atoms with Gasteiger partial charge in [-0.05, 0) is 6.42 Å². The third-order valence-electron chi connectivity index (χ3n) is 0.893. The lowest BCUT2D eigenvalue weighted by atomic mass is 10.4. The Morgan fingerprint density at radius 2 is 1.90 bits per heavy atom. The van der Waals surface area contributed by atoms with Gasteiger partial charge in [-0.25, -0.2) is 5.01 Å². The molecule has 0 saturated carbocycles. The molecule has 62 valence electrons. The lowest BCUT2D eigenvalue weighted by Gasteiger charge is -2.16. The molecule has 0 aromatic carbocycles. The first-order chi connectivity index (χ1) is 4.45. The fraction of sp³-hybridized carbons (Fsp3) is 1.00. The predicted octanol–water partition coefficient (Wildman–Crippen LogP) is 1.13. The van der Waals surface area contributed by atoms with Gasteiger partial charge in [0, 0.05) is 6.54 Å². The Kier molecular flexibility index (Phi) is 3.67. The molecule has 0 aliphatic heterocycles. The van der Waals surface area contributed by atoms with Crippen molar-refractivity contribution in [3.8, 4) is 0 Å². The Morgan fingerprint density at radius 3 is 2.20 bits per heavy atom. The molecule has 2 nitrogen and oxygen atoms in total. The molecule has 0 bridgehead atoms. The number of hydrogen-bond acceptors (Lipinski definition) is 2. The molecule has 0 fully saturated rings. The van der Waals surface area contributed by atoms with Crippen molar-refractivity contribution in [3.05, 3.63) is 0 Å². The van der Waals surface area contributed by atoms with E-state index in [2.05, 4.69) is 0 Å². The third kappa shape index (κ3) is 5.84. The summed E-state index contributed by atoms with van der Waals surface area (Å²) < 4.78 is 34.5. The van der Waals surface area contributed by atoms with E-state index in [1.165, 1.54) is 0 Å². The van der Waals surface area contributed by atoms with Crippen LogP contribution >= 0.6 is 0 Å². The minimum atomic E-state index is -4.18.